The Morgan fingerprint density at radius 1 is 1.18 bits per heavy atom. The van der Waals surface area contributed by atoms with Gasteiger partial charge in [-0.2, -0.15) is 0 Å². The molecule has 0 radical (unpaired) electrons. The molecule has 7 heteroatoms. The van der Waals surface area contributed by atoms with Crippen molar-refractivity contribution in [2.75, 3.05) is 13.6 Å². The summed E-state index contributed by atoms with van der Waals surface area (Å²) >= 11 is 0. The van der Waals surface area contributed by atoms with Gasteiger partial charge < -0.3 is 24.5 Å². The van der Waals surface area contributed by atoms with Crippen LogP contribution in [-0.4, -0.2) is 55.0 Å². The van der Waals surface area contributed by atoms with Crippen LogP contribution in [-0.2, 0) is 30.5 Å². The number of carbonyl (C=O) groups is 4. The molecule has 33 heavy (non-hydrogen) atoms. The quantitative estimate of drug-likeness (QED) is 0.361. The molecule has 182 valence electrons. The lowest BCUT2D eigenvalue weighted by atomic mass is 9.85. The second-order valence-electron chi connectivity index (χ2n) is 9.10. The average Bonchev–Trinajstić information content (AvgIpc) is 3.32. The van der Waals surface area contributed by atoms with E-state index in [1.54, 1.807) is 11.8 Å². The number of aldehydes is 2. The fraction of sp³-hybridized carbons (Fsp3) is 0.615. The van der Waals surface area contributed by atoms with E-state index in [4.69, 9.17) is 4.74 Å². The third-order valence-electron chi connectivity index (χ3n) is 7.03. The van der Waals surface area contributed by atoms with Crippen molar-refractivity contribution in [3.8, 4) is 0 Å². The summed E-state index contributed by atoms with van der Waals surface area (Å²) in [4.78, 5) is 51.4. The predicted molar refractivity (Wildman–Crippen MR) is 126 cm³/mol. The average molecular weight is 459 g/mol. The van der Waals surface area contributed by atoms with Gasteiger partial charge in [-0.3, -0.25) is 9.59 Å². The second kappa shape index (κ2) is 13.2. The molecule has 1 heterocycles. The van der Waals surface area contributed by atoms with Crippen LogP contribution in [0.1, 0.15) is 52.0 Å². The summed E-state index contributed by atoms with van der Waals surface area (Å²) in [5.74, 6) is -2.11. The minimum absolute atomic E-state index is 0.0914. The van der Waals surface area contributed by atoms with E-state index in [-0.39, 0.29) is 36.9 Å². The summed E-state index contributed by atoms with van der Waals surface area (Å²) in [5.41, 5.74) is 0.874. The molecule has 1 aliphatic rings. The lowest BCUT2D eigenvalue weighted by molar-refractivity contribution is -0.154. The van der Waals surface area contributed by atoms with Gasteiger partial charge in [-0.1, -0.05) is 57.5 Å². The summed E-state index contributed by atoms with van der Waals surface area (Å²) in [6, 6.07) is 8.91. The first-order chi connectivity index (χ1) is 15.9. The molecule has 6 atom stereocenters. The summed E-state index contributed by atoms with van der Waals surface area (Å²) in [6.45, 7) is 6.47. The highest BCUT2D eigenvalue weighted by molar-refractivity contribution is 5.81. The Kier molecular flexibility index (Phi) is 10.7. The molecular formula is C26H38N2O5. The zero-order chi connectivity index (χ0) is 24.4. The minimum Gasteiger partial charge on any atom is -0.461 e. The first kappa shape index (κ1) is 26.7. The number of hydrogen-bond donors (Lipinski definition) is 1. The Balaban J connectivity index is 2.05. The fourth-order valence-electron chi connectivity index (χ4n) is 4.81. The number of esters is 1. The van der Waals surface area contributed by atoms with E-state index in [0.29, 0.717) is 13.0 Å². The molecule has 1 aliphatic heterocycles. The first-order valence-corrected chi connectivity index (χ1v) is 12.0. The van der Waals surface area contributed by atoms with Gasteiger partial charge in [0.2, 0.25) is 5.91 Å². The van der Waals surface area contributed by atoms with E-state index in [2.05, 4.69) is 19.2 Å². The maximum Gasteiger partial charge on any atom is 0.309 e. The van der Waals surface area contributed by atoms with Gasteiger partial charge in [-0.05, 0) is 31.4 Å². The van der Waals surface area contributed by atoms with Gasteiger partial charge >= 0.3 is 5.97 Å². The third-order valence-corrected chi connectivity index (χ3v) is 7.03. The van der Waals surface area contributed by atoms with Crippen molar-refractivity contribution in [2.45, 2.75) is 65.1 Å². The monoisotopic (exact) mass is 458 g/mol. The van der Waals surface area contributed by atoms with Gasteiger partial charge in [-0.25, -0.2) is 0 Å². The molecule has 0 aromatic heterocycles. The van der Waals surface area contributed by atoms with E-state index in [9.17, 15) is 19.2 Å². The topological polar surface area (TPSA) is 92.8 Å². The Labute approximate surface area is 197 Å². The molecular weight excluding hydrogens is 420 g/mol. The second-order valence-corrected chi connectivity index (χ2v) is 9.10. The highest BCUT2D eigenvalue weighted by atomic mass is 16.5. The van der Waals surface area contributed by atoms with E-state index in [1.807, 2.05) is 37.4 Å². The van der Waals surface area contributed by atoms with Crippen molar-refractivity contribution in [1.29, 1.82) is 0 Å². The van der Waals surface area contributed by atoms with Crippen molar-refractivity contribution in [1.82, 2.24) is 10.2 Å². The summed E-state index contributed by atoms with van der Waals surface area (Å²) in [6.07, 6.45) is 4.03. The number of hydrogen-bond acceptors (Lipinski definition) is 6. The van der Waals surface area contributed by atoms with Crippen molar-refractivity contribution >= 4 is 24.4 Å². The van der Waals surface area contributed by atoms with Crippen LogP contribution in [0.4, 0.5) is 0 Å². The number of amides is 1. The van der Waals surface area contributed by atoms with Crippen molar-refractivity contribution in [2.24, 2.45) is 23.7 Å². The van der Waals surface area contributed by atoms with Crippen LogP contribution >= 0.6 is 0 Å². The van der Waals surface area contributed by atoms with Crippen LogP contribution in [0.15, 0.2) is 30.3 Å². The zero-order valence-corrected chi connectivity index (χ0v) is 20.2. The van der Waals surface area contributed by atoms with E-state index in [0.717, 1.165) is 31.0 Å². The van der Waals surface area contributed by atoms with Crippen LogP contribution < -0.4 is 5.32 Å². The van der Waals surface area contributed by atoms with Crippen LogP contribution in [0.25, 0.3) is 0 Å². The van der Waals surface area contributed by atoms with Gasteiger partial charge in [0.25, 0.3) is 0 Å². The van der Waals surface area contributed by atoms with Crippen LogP contribution in [0.5, 0.6) is 0 Å². The SMILES string of the molecule is CC[C@H](C)[C@H](NC)[C@H](C=O)CC(=O)N1CCC[C@H]1[C@H](C=O)[C@@H](C)C(=O)OCc1ccccc1. The van der Waals surface area contributed by atoms with Crippen molar-refractivity contribution in [3.63, 3.8) is 0 Å². The Bertz CT molecular complexity index is 784. The number of nitrogens with one attached hydrogen (secondary N) is 1. The molecule has 1 aromatic rings. The third kappa shape index (κ3) is 6.97. The van der Waals surface area contributed by atoms with Crippen LogP contribution in [0.2, 0.25) is 0 Å². The molecule has 1 saturated heterocycles. The smallest absolute Gasteiger partial charge is 0.309 e. The number of nitrogens with zero attached hydrogens (tertiary/aromatic N) is 1. The molecule has 1 amide bonds. The number of ether oxygens (including phenoxy) is 1. The predicted octanol–water partition coefficient (Wildman–Crippen LogP) is 3.01. The highest BCUT2D eigenvalue weighted by Crippen LogP contribution is 2.30. The van der Waals surface area contributed by atoms with Gasteiger partial charge in [0.15, 0.2) is 0 Å². The lowest BCUT2D eigenvalue weighted by Crippen LogP contribution is -2.47. The Morgan fingerprint density at radius 3 is 2.45 bits per heavy atom. The number of benzene rings is 1. The standard InChI is InChI=1S/C26H38N2O5/c1-5-18(2)25(27-4)21(15-29)14-24(31)28-13-9-12-23(28)22(16-30)19(3)26(32)33-17-20-10-7-6-8-11-20/h6-8,10-11,15-16,18-19,21-23,25,27H,5,9,12-14,17H2,1-4H3/t18-,19+,21-,22+,23-,25-/m0/s1. The molecule has 0 saturated carbocycles. The normalized spacial score (nSPS) is 20.4. The van der Waals surface area contributed by atoms with Crippen LogP contribution in [0.3, 0.4) is 0 Å². The minimum atomic E-state index is -0.670. The van der Waals surface area contributed by atoms with Gasteiger partial charge in [-0.15, -0.1) is 0 Å². The molecule has 0 unspecified atom stereocenters. The number of rotatable bonds is 13. The summed E-state index contributed by atoms with van der Waals surface area (Å²) in [5, 5.41) is 3.19. The van der Waals surface area contributed by atoms with Gasteiger partial charge in [0.1, 0.15) is 19.2 Å². The maximum absolute atomic E-state index is 13.2. The summed E-state index contributed by atoms with van der Waals surface area (Å²) < 4.78 is 5.44. The Morgan fingerprint density at radius 2 is 1.88 bits per heavy atom. The molecule has 7 nitrogen and oxygen atoms in total. The van der Waals surface area contributed by atoms with E-state index < -0.39 is 23.7 Å². The molecule has 1 N–H and O–H groups in total. The maximum atomic E-state index is 13.2. The molecule has 1 fully saturated rings. The van der Waals surface area contributed by atoms with Crippen molar-refractivity contribution < 1.29 is 23.9 Å². The number of likely N-dealkylation sites (tertiary alicyclic amines) is 1. The largest absolute Gasteiger partial charge is 0.461 e. The molecule has 2 rings (SSSR count). The van der Waals surface area contributed by atoms with E-state index in [1.165, 1.54) is 0 Å². The summed E-state index contributed by atoms with van der Waals surface area (Å²) in [7, 11) is 1.81. The highest BCUT2D eigenvalue weighted by Gasteiger charge is 2.40. The van der Waals surface area contributed by atoms with E-state index >= 15 is 0 Å². The lowest BCUT2D eigenvalue weighted by Gasteiger charge is -2.33. The van der Waals surface area contributed by atoms with Gasteiger partial charge in [0.05, 0.1) is 5.92 Å². The molecule has 0 aliphatic carbocycles. The van der Waals surface area contributed by atoms with Crippen LogP contribution in [0, 0.1) is 23.7 Å². The number of carbonyl (C=O) groups excluding carboxylic acids is 4. The molecule has 0 bridgehead atoms. The fourth-order valence-corrected chi connectivity index (χ4v) is 4.81. The van der Waals surface area contributed by atoms with Crippen molar-refractivity contribution in [3.05, 3.63) is 35.9 Å². The first-order valence-electron chi connectivity index (χ1n) is 12.0. The molecule has 1 aromatic carbocycles. The van der Waals surface area contributed by atoms with Gasteiger partial charge in [0, 0.05) is 36.9 Å². The Hall–Kier alpha value is -2.54. The zero-order valence-electron chi connectivity index (χ0n) is 20.2. The molecule has 0 spiro atoms.